The molecule has 0 aromatic heterocycles. The molecule has 0 aliphatic carbocycles. The predicted molar refractivity (Wildman–Crippen MR) is 72.8 cm³/mol. The summed E-state index contributed by atoms with van der Waals surface area (Å²) in [5.74, 6) is -0.633. The molecule has 1 aliphatic heterocycles. The van der Waals surface area contributed by atoms with E-state index in [9.17, 15) is 4.79 Å². The molecule has 1 aliphatic rings. The van der Waals surface area contributed by atoms with E-state index in [0.29, 0.717) is 19.6 Å². The van der Waals surface area contributed by atoms with Crippen LogP contribution in [0.15, 0.2) is 25.3 Å². The molecule has 19 heavy (non-hydrogen) atoms. The van der Waals surface area contributed by atoms with Gasteiger partial charge in [0.25, 0.3) is 0 Å². The molecule has 1 saturated heterocycles. The summed E-state index contributed by atoms with van der Waals surface area (Å²) in [7, 11) is 1.36. The maximum atomic E-state index is 11.9. The molecule has 0 unspecified atom stereocenters. The number of carbonyl (C=O) groups is 1. The lowest BCUT2D eigenvalue weighted by Gasteiger charge is -2.31. The molecule has 0 spiro atoms. The normalized spacial score (nSPS) is 22.6. The molecule has 0 aromatic carbocycles. The fourth-order valence-corrected chi connectivity index (χ4v) is 2.07. The van der Waals surface area contributed by atoms with Gasteiger partial charge in [-0.3, -0.25) is 4.90 Å². The highest BCUT2D eigenvalue weighted by molar-refractivity contribution is 5.68. The van der Waals surface area contributed by atoms with Crippen molar-refractivity contribution in [3.05, 3.63) is 25.3 Å². The minimum absolute atomic E-state index is 0.239. The number of hydrogen-bond donors (Lipinski definition) is 0. The van der Waals surface area contributed by atoms with Crippen LogP contribution >= 0.6 is 0 Å². The Morgan fingerprint density at radius 1 is 1.58 bits per heavy atom. The first-order chi connectivity index (χ1) is 8.95. The van der Waals surface area contributed by atoms with Crippen molar-refractivity contribution in [2.75, 3.05) is 20.3 Å². The van der Waals surface area contributed by atoms with Gasteiger partial charge in [-0.25, -0.2) is 4.79 Å². The Balaban J connectivity index is 2.81. The molecule has 1 fully saturated rings. The number of rotatable bonds is 6. The molecule has 2 atom stereocenters. The average Bonchev–Trinajstić information content (AvgIpc) is 2.73. The largest absolute Gasteiger partial charge is 0.453 e. The van der Waals surface area contributed by atoms with Crippen LogP contribution in [-0.2, 0) is 14.2 Å². The van der Waals surface area contributed by atoms with E-state index < -0.39 is 11.9 Å². The van der Waals surface area contributed by atoms with Gasteiger partial charge in [0, 0.05) is 6.54 Å². The molecule has 0 bridgehead atoms. The molecule has 1 heterocycles. The highest BCUT2D eigenvalue weighted by Gasteiger charge is 2.39. The first-order valence-electron chi connectivity index (χ1n) is 6.35. The first kappa shape index (κ1) is 15.7. The van der Waals surface area contributed by atoms with E-state index in [-0.39, 0.29) is 12.1 Å². The number of methoxy groups -OCH3 is 1. The molecule has 0 aromatic rings. The number of amides is 1. The highest BCUT2D eigenvalue weighted by Crippen LogP contribution is 2.27. The summed E-state index contributed by atoms with van der Waals surface area (Å²) in [5, 5.41) is 0. The Hall–Kier alpha value is -1.33. The maximum absolute atomic E-state index is 11.9. The molecule has 1 rings (SSSR count). The van der Waals surface area contributed by atoms with Crippen molar-refractivity contribution in [1.29, 1.82) is 0 Å². The lowest BCUT2D eigenvalue weighted by Crippen LogP contribution is -2.47. The fourth-order valence-electron chi connectivity index (χ4n) is 2.07. The van der Waals surface area contributed by atoms with Crippen molar-refractivity contribution < 1.29 is 19.0 Å². The van der Waals surface area contributed by atoms with E-state index in [1.165, 1.54) is 7.11 Å². The van der Waals surface area contributed by atoms with E-state index in [0.717, 1.165) is 0 Å². The van der Waals surface area contributed by atoms with Gasteiger partial charge in [0.15, 0.2) is 5.79 Å². The molecule has 108 valence electrons. The van der Waals surface area contributed by atoms with E-state index in [4.69, 9.17) is 14.2 Å². The molecule has 5 heteroatoms. The lowest BCUT2D eigenvalue weighted by molar-refractivity contribution is -0.143. The van der Waals surface area contributed by atoms with Crippen molar-refractivity contribution in [3.8, 4) is 0 Å². The first-order valence-corrected chi connectivity index (χ1v) is 6.35. The van der Waals surface area contributed by atoms with Crippen LogP contribution in [0.3, 0.4) is 0 Å². The standard InChI is InChI=1S/C14H23NO4/c1-6-8-9-15(13(16)17-5)11(7-2)12-10-18-14(3,4)19-12/h6-7,11-12H,1-2,8-10H2,3-5H3/t11-,12+/m0/s1. The van der Waals surface area contributed by atoms with E-state index >= 15 is 0 Å². The van der Waals surface area contributed by atoms with Gasteiger partial charge >= 0.3 is 6.09 Å². The zero-order valence-electron chi connectivity index (χ0n) is 11.9. The van der Waals surface area contributed by atoms with E-state index in [1.807, 2.05) is 13.8 Å². The lowest BCUT2D eigenvalue weighted by atomic mass is 10.1. The second-order valence-corrected chi connectivity index (χ2v) is 4.83. The van der Waals surface area contributed by atoms with Crippen molar-refractivity contribution in [2.24, 2.45) is 0 Å². The van der Waals surface area contributed by atoms with Gasteiger partial charge in [0.2, 0.25) is 0 Å². The zero-order chi connectivity index (χ0) is 14.5. The van der Waals surface area contributed by atoms with Crippen LogP contribution in [0.1, 0.15) is 20.3 Å². The van der Waals surface area contributed by atoms with Crippen molar-refractivity contribution in [3.63, 3.8) is 0 Å². The van der Waals surface area contributed by atoms with Gasteiger partial charge in [-0.1, -0.05) is 12.2 Å². The maximum Gasteiger partial charge on any atom is 0.410 e. The summed E-state index contributed by atoms with van der Waals surface area (Å²) >= 11 is 0. The minimum Gasteiger partial charge on any atom is -0.453 e. The minimum atomic E-state index is -0.633. The molecule has 0 saturated carbocycles. The van der Waals surface area contributed by atoms with Gasteiger partial charge in [-0.15, -0.1) is 13.2 Å². The average molecular weight is 269 g/mol. The summed E-state index contributed by atoms with van der Waals surface area (Å²) < 4.78 is 16.1. The summed E-state index contributed by atoms with van der Waals surface area (Å²) in [6.45, 7) is 12.1. The van der Waals surface area contributed by atoms with Crippen LogP contribution < -0.4 is 0 Å². The van der Waals surface area contributed by atoms with E-state index in [1.54, 1.807) is 17.1 Å². The number of ether oxygens (including phenoxy) is 3. The van der Waals surface area contributed by atoms with Crippen LogP contribution in [0, 0.1) is 0 Å². The van der Waals surface area contributed by atoms with Gasteiger partial charge in [0.1, 0.15) is 6.10 Å². The van der Waals surface area contributed by atoms with E-state index in [2.05, 4.69) is 13.2 Å². The quantitative estimate of drug-likeness (QED) is 0.694. The van der Waals surface area contributed by atoms with Crippen molar-refractivity contribution in [2.45, 2.75) is 38.2 Å². The Kier molecular flexibility index (Phi) is 5.57. The predicted octanol–water partition coefficient (Wildman–Crippen LogP) is 2.34. The van der Waals surface area contributed by atoms with Crippen molar-refractivity contribution >= 4 is 6.09 Å². The fraction of sp³-hybridized carbons (Fsp3) is 0.643. The Morgan fingerprint density at radius 3 is 2.68 bits per heavy atom. The zero-order valence-corrected chi connectivity index (χ0v) is 11.9. The van der Waals surface area contributed by atoms with Crippen LogP contribution in [0.5, 0.6) is 0 Å². The number of carbonyl (C=O) groups excluding carboxylic acids is 1. The summed E-state index contributed by atoms with van der Waals surface area (Å²) in [6, 6.07) is -0.283. The second-order valence-electron chi connectivity index (χ2n) is 4.83. The van der Waals surface area contributed by atoms with Crippen LogP contribution in [-0.4, -0.2) is 49.2 Å². The molecule has 0 radical (unpaired) electrons. The van der Waals surface area contributed by atoms with Gasteiger partial charge in [-0.05, 0) is 20.3 Å². The topological polar surface area (TPSA) is 48.0 Å². The van der Waals surface area contributed by atoms with Crippen LogP contribution in [0.2, 0.25) is 0 Å². The van der Waals surface area contributed by atoms with Gasteiger partial charge in [0.05, 0.1) is 19.8 Å². The Bertz CT molecular complexity index is 340. The van der Waals surface area contributed by atoms with Gasteiger partial charge < -0.3 is 14.2 Å². The molecule has 0 N–H and O–H groups in total. The summed E-state index contributed by atoms with van der Waals surface area (Å²) in [5.41, 5.74) is 0. The summed E-state index contributed by atoms with van der Waals surface area (Å²) in [6.07, 6.45) is 3.48. The van der Waals surface area contributed by atoms with Crippen LogP contribution in [0.25, 0.3) is 0 Å². The second kappa shape index (κ2) is 6.73. The number of hydrogen-bond acceptors (Lipinski definition) is 4. The molecular formula is C14H23NO4. The highest BCUT2D eigenvalue weighted by atomic mass is 16.7. The summed E-state index contributed by atoms with van der Waals surface area (Å²) in [4.78, 5) is 13.4. The Morgan fingerprint density at radius 2 is 2.26 bits per heavy atom. The van der Waals surface area contributed by atoms with Gasteiger partial charge in [-0.2, -0.15) is 0 Å². The third-order valence-electron chi connectivity index (χ3n) is 3.00. The SMILES string of the molecule is C=CCCN(C(=O)OC)[C@@H](C=C)[C@H]1COC(C)(C)O1. The third kappa shape index (κ3) is 4.08. The smallest absolute Gasteiger partial charge is 0.410 e. The Labute approximate surface area is 114 Å². The third-order valence-corrected chi connectivity index (χ3v) is 3.00. The monoisotopic (exact) mass is 269 g/mol. The molecule has 5 nitrogen and oxygen atoms in total. The molecular weight excluding hydrogens is 246 g/mol. The van der Waals surface area contributed by atoms with Crippen molar-refractivity contribution in [1.82, 2.24) is 4.90 Å². The molecule has 1 amide bonds. The number of nitrogens with zero attached hydrogens (tertiary/aromatic N) is 1. The van der Waals surface area contributed by atoms with Crippen LogP contribution in [0.4, 0.5) is 4.79 Å².